The zero-order valence-electron chi connectivity index (χ0n) is 10.6. The molecule has 1 aliphatic rings. The van der Waals surface area contributed by atoms with Gasteiger partial charge < -0.3 is 10.5 Å². The second-order valence-electron chi connectivity index (χ2n) is 4.59. The molecule has 0 saturated carbocycles. The first-order chi connectivity index (χ1) is 8.61. The van der Waals surface area contributed by atoms with Gasteiger partial charge in [0.2, 0.25) is 0 Å². The van der Waals surface area contributed by atoms with Crippen LogP contribution in [0.15, 0.2) is 6.20 Å². The van der Waals surface area contributed by atoms with E-state index in [1.165, 1.54) is 6.20 Å². The first-order valence-electron chi connectivity index (χ1n) is 6.00. The summed E-state index contributed by atoms with van der Waals surface area (Å²) in [7, 11) is 0. The number of nitrogens with zero attached hydrogens (tertiary/aromatic N) is 4. The highest BCUT2D eigenvalue weighted by Crippen LogP contribution is 2.21. The van der Waals surface area contributed by atoms with Gasteiger partial charge in [-0.25, -0.2) is 9.97 Å². The third kappa shape index (κ3) is 2.58. The van der Waals surface area contributed by atoms with E-state index in [1.54, 1.807) is 0 Å². The fraction of sp³-hybridized carbons (Fsp3) is 0.583. The normalized spacial score (nSPS) is 20.9. The molecule has 1 aromatic heterocycles. The summed E-state index contributed by atoms with van der Waals surface area (Å²) >= 11 is 0. The first-order valence-corrected chi connectivity index (χ1v) is 6.00. The minimum absolute atomic E-state index is 0.170. The second kappa shape index (κ2) is 5.29. The number of rotatable bonds is 2. The minimum Gasteiger partial charge on any atom is -0.382 e. The van der Waals surface area contributed by atoms with Crippen molar-refractivity contribution < 1.29 is 4.74 Å². The SMILES string of the molecule is CC(C)N1CCOC(c2ncc(C#N)c(N)n2)C1. The van der Waals surface area contributed by atoms with Crippen molar-refractivity contribution in [1.82, 2.24) is 14.9 Å². The number of morpholine rings is 1. The van der Waals surface area contributed by atoms with Crippen LogP contribution in [0.2, 0.25) is 0 Å². The molecule has 2 N–H and O–H groups in total. The van der Waals surface area contributed by atoms with Crippen molar-refractivity contribution in [3.8, 4) is 6.07 Å². The molecular weight excluding hydrogens is 230 g/mol. The highest BCUT2D eigenvalue weighted by molar-refractivity contribution is 5.46. The molecule has 1 atom stereocenters. The highest BCUT2D eigenvalue weighted by atomic mass is 16.5. The van der Waals surface area contributed by atoms with E-state index < -0.39 is 0 Å². The van der Waals surface area contributed by atoms with E-state index in [1.807, 2.05) is 6.07 Å². The smallest absolute Gasteiger partial charge is 0.160 e. The zero-order chi connectivity index (χ0) is 13.1. The molecule has 1 aromatic rings. The molecule has 6 nitrogen and oxygen atoms in total. The largest absolute Gasteiger partial charge is 0.382 e. The lowest BCUT2D eigenvalue weighted by atomic mass is 10.2. The average molecular weight is 247 g/mol. The Bertz CT molecular complexity index is 468. The lowest BCUT2D eigenvalue weighted by Gasteiger charge is -2.34. The van der Waals surface area contributed by atoms with Gasteiger partial charge in [0.25, 0.3) is 0 Å². The topological polar surface area (TPSA) is 88.1 Å². The number of hydrogen-bond donors (Lipinski definition) is 1. The van der Waals surface area contributed by atoms with Crippen LogP contribution in [-0.4, -0.2) is 40.6 Å². The second-order valence-corrected chi connectivity index (χ2v) is 4.59. The van der Waals surface area contributed by atoms with Gasteiger partial charge >= 0.3 is 0 Å². The number of nitrogen functional groups attached to an aromatic ring is 1. The maximum absolute atomic E-state index is 8.79. The summed E-state index contributed by atoms with van der Waals surface area (Å²) in [5.41, 5.74) is 5.99. The molecule has 1 unspecified atom stereocenters. The van der Waals surface area contributed by atoms with E-state index in [4.69, 9.17) is 15.7 Å². The molecule has 0 aromatic carbocycles. The molecule has 0 bridgehead atoms. The van der Waals surface area contributed by atoms with Gasteiger partial charge in [0.1, 0.15) is 23.6 Å². The van der Waals surface area contributed by atoms with E-state index in [9.17, 15) is 0 Å². The van der Waals surface area contributed by atoms with Crippen molar-refractivity contribution >= 4 is 5.82 Å². The van der Waals surface area contributed by atoms with Gasteiger partial charge in [-0.1, -0.05) is 0 Å². The first kappa shape index (κ1) is 12.7. The van der Waals surface area contributed by atoms with Gasteiger partial charge in [0.05, 0.1) is 12.8 Å². The third-order valence-corrected chi connectivity index (χ3v) is 3.07. The number of nitriles is 1. The Hall–Kier alpha value is -1.71. The summed E-state index contributed by atoms with van der Waals surface area (Å²) in [6, 6.07) is 2.42. The van der Waals surface area contributed by atoms with Crippen LogP contribution in [0.1, 0.15) is 31.3 Å². The lowest BCUT2D eigenvalue weighted by Crippen LogP contribution is -2.42. The Morgan fingerprint density at radius 3 is 3.00 bits per heavy atom. The number of nitrogens with two attached hydrogens (primary N) is 1. The Labute approximate surface area is 106 Å². The molecule has 1 fully saturated rings. The van der Waals surface area contributed by atoms with Crippen molar-refractivity contribution in [3.63, 3.8) is 0 Å². The van der Waals surface area contributed by atoms with Crippen LogP contribution < -0.4 is 5.73 Å². The molecule has 96 valence electrons. The van der Waals surface area contributed by atoms with Crippen LogP contribution in [0, 0.1) is 11.3 Å². The summed E-state index contributed by atoms with van der Waals surface area (Å²) in [4.78, 5) is 10.6. The van der Waals surface area contributed by atoms with Crippen molar-refractivity contribution in [1.29, 1.82) is 5.26 Å². The predicted octanol–water partition coefficient (Wildman–Crippen LogP) is 0.712. The predicted molar refractivity (Wildman–Crippen MR) is 66.6 cm³/mol. The summed E-state index contributed by atoms with van der Waals surface area (Å²) in [5, 5.41) is 8.79. The fourth-order valence-corrected chi connectivity index (χ4v) is 1.95. The Morgan fingerprint density at radius 2 is 2.39 bits per heavy atom. The van der Waals surface area contributed by atoms with Gasteiger partial charge in [-0.3, -0.25) is 4.90 Å². The molecule has 2 rings (SSSR count). The van der Waals surface area contributed by atoms with E-state index in [0.717, 1.165) is 13.1 Å². The Balaban J connectivity index is 2.16. The van der Waals surface area contributed by atoms with Crippen LogP contribution in [0.4, 0.5) is 5.82 Å². The van der Waals surface area contributed by atoms with Gasteiger partial charge in [-0.2, -0.15) is 5.26 Å². The maximum Gasteiger partial charge on any atom is 0.160 e. The van der Waals surface area contributed by atoms with Crippen molar-refractivity contribution in [2.24, 2.45) is 0 Å². The third-order valence-electron chi connectivity index (χ3n) is 3.07. The standard InChI is InChI=1S/C12H17N5O/c1-8(2)17-3-4-18-10(7-17)12-15-6-9(5-13)11(14)16-12/h6,8,10H,3-4,7H2,1-2H3,(H2,14,15,16). The monoisotopic (exact) mass is 247 g/mol. The molecule has 2 heterocycles. The van der Waals surface area contributed by atoms with Crippen molar-refractivity contribution in [2.45, 2.75) is 26.0 Å². The molecule has 18 heavy (non-hydrogen) atoms. The molecule has 6 heteroatoms. The van der Waals surface area contributed by atoms with Crippen molar-refractivity contribution in [3.05, 3.63) is 17.6 Å². The summed E-state index contributed by atoms with van der Waals surface area (Å²) in [5.74, 6) is 0.768. The molecular formula is C12H17N5O. The molecule has 0 aliphatic carbocycles. The molecule has 1 aliphatic heterocycles. The number of anilines is 1. The van der Waals surface area contributed by atoms with Gasteiger partial charge in [0, 0.05) is 19.1 Å². The van der Waals surface area contributed by atoms with E-state index in [0.29, 0.717) is 24.0 Å². The van der Waals surface area contributed by atoms with Crippen LogP contribution >= 0.6 is 0 Å². The molecule has 0 spiro atoms. The van der Waals surface area contributed by atoms with Gasteiger partial charge in [-0.05, 0) is 13.8 Å². The fourth-order valence-electron chi connectivity index (χ4n) is 1.95. The van der Waals surface area contributed by atoms with E-state index in [2.05, 4.69) is 28.7 Å². The summed E-state index contributed by atoms with van der Waals surface area (Å²) in [6.45, 7) is 6.63. The van der Waals surface area contributed by atoms with Crippen LogP contribution in [-0.2, 0) is 4.74 Å². The van der Waals surface area contributed by atoms with E-state index >= 15 is 0 Å². The lowest BCUT2D eigenvalue weighted by molar-refractivity contribution is -0.0442. The molecule has 0 amide bonds. The van der Waals surface area contributed by atoms with Crippen molar-refractivity contribution in [2.75, 3.05) is 25.4 Å². The molecule has 0 radical (unpaired) electrons. The summed E-state index contributed by atoms with van der Waals surface area (Å²) in [6.07, 6.45) is 1.28. The molecule has 1 saturated heterocycles. The number of hydrogen-bond acceptors (Lipinski definition) is 6. The zero-order valence-corrected chi connectivity index (χ0v) is 10.6. The maximum atomic E-state index is 8.79. The quantitative estimate of drug-likeness (QED) is 0.828. The highest BCUT2D eigenvalue weighted by Gasteiger charge is 2.25. The van der Waals surface area contributed by atoms with Crippen LogP contribution in [0.3, 0.4) is 0 Å². The van der Waals surface area contributed by atoms with Crippen LogP contribution in [0.5, 0.6) is 0 Å². The average Bonchev–Trinajstić information content (AvgIpc) is 2.38. The Morgan fingerprint density at radius 1 is 1.61 bits per heavy atom. The number of ether oxygens (including phenoxy) is 1. The Kier molecular flexibility index (Phi) is 3.75. The van der Waals surface area contributed by atoms with E-state index in [-0.39, 0.29) is 11.9 Å². The summed E-state index contributed by atoms with van der Waals surface area (Å²) < 4.78 is 5.67. The number of aromatic nitrogens is 2. The van der Waals surface area contributed by atoms with Gasteiger partial charge in [-0.15, -0.1) is 0 Å². The minimum atomic E-state index is -0.170. The van der Waals surface area contributed by atoms with Crippen LogP contribution in [0.25, 0.3) is 0 Å². The van der Waals surface area contributed by atoms with Gasteiger partial charge in [0.15, 0.2) is 5.82 Å².